The van der Waals surface area contributed by atoms with E-state index in [1.807, 2.05) is 32.0 Å². The van der Waals surface area contributed by atoms with Crippen LogP contribution in [-0.2, 0) is 42.7 Å². The summed E-state index contributed by atoms with van der Waals surface area (Å²) in [5, 5.41) is 55.5. The van der Waals surface area contributed by atoms with Crippen LogP contribution in [0.4, 0.5) is 0 Å². The molecule has 0 saturated carbocycles. The third-order valence-corrected chi connectivity index (χ3v) is 12.3. The van der Waals surface area contributed by atoms with E-state index >= 15 is 0 Å². The van der Waals surface area contributed by atoms with Gasteiger partial charge in [0, 0.05) is 37.3 Å². The summed E-state index contributed by atoms with van der Waals surface area (Å²) in [4.78, 5) is 30.2. The molecule has 3 fully saturated rings. The van der Waals surface area contributed by atoms with Crippen molar-refractivity contribution in [3.05, 3.63) is 0 Å². The van der Waals surface area contributed by atoms with Crippen LogP contribution in [0.1, 0.15) is 94.9 Å². The molecular formula is C39H68N2O13. The van der Waals surface area contributed by atoms with E-state index in [1.54, 1.807) is 48.5 Å². The van der Waals surface area contributed by atoms with E-state index in [9.17, 15) is 35.3 Å². The number of methoxy groups -OCH3 is 1. The minimum atomic E-state index is -2.01. The number of aliphatic hydroxyl groups is 4. The minimum Gasteiger partial charge on any atom is -0.459 e. The van der Waals surface area contributed by atoms with Crippen molar-refractivity contribution in [3.63, 3.8) is 0 Å². The molecule has 0 spiro atoms. The van der Waals surface area contributed by atoms with Crippen LogP contribution in [0.3, 0.4) is 0 Å². The van der Waals surface area contributed by atoms with Crippen LogP contribution in [0, 0.1) is 35.0 Å². The Morgan fingerprint density at radius 2 is 1.56 bits per heavy atom. The van der Waals surface area contributed by atoms with Gasteiger partial charge in [0.1, 0.15) is 36.3 Å². The molecule has 18 atom stereocenters. The Balaban J connectivity index is 2.27. The summed E-state index contributed by atoms with van der Waals surface area (Å²) in [6.07, 6.45) is -9.62. The normalized spacial score (nSPS) is 47.5. The number of hydrogen-bond donors (Lipinski definition) is 4. The van der Waals surface area contributed by atoms with Crippen molar-refractivity contribution in [3.8, 4) is 6.07 Å². The van der Waals surface area contributed by atoms with Crippen molar-refractivity contribution in [2.45, 2.75) is 179 Å². The highest BCUT2D eigenvalue weighted by atomic mass is 16.7. The van der Waals surface area contributed by atoms with Gasteiger partial charge in [-0.1, -0.05) is 27.7 Å². The lowest BCUT2D eigenvalue weighted by Gasteiger charge is -2.50. The maximum Gasteiger partial charge on any atom is 0.311 e. The number of aliphatic hydroxyl groups excluding tert-OH is 3. The molecule has 3 saturated heterocycles. The Morgan fingerprint density at radius 1 is 0.926 bits per heavy atom. The number of esters is 1. The number of rotatable bonds is 9. The Bertz CT molecular complexity index is 1300. The van der Waals surface area contributed by atoms with Gasteiger partial charge in [-0.15, -0.1) is 0 Å². The van der Waals surface area contributed by atoms with Crippen LogP contribution in [0.25, 0.3) is 0 Å². The van der Waals surface area contributed by atoms with Gasteiger partial charge in [-0.3, -0.25) is 9.59 Å². The van der Waals surface area contributed by atoms with Gasteiger partial charge in [0.2, 0.25) is 0 Å². The molecule has 15 heteroatoms. The summed E-state index contributed by atoms with van der Waals surface area (Å²) in [6, 6.07) is 1.68. The molecule has 3 aliphatic heterocycles. The number of carbonyl (C=O) groups is 2. The Hall–Kier alpha value is -1.81. The summed E-state index contributed by atoms with van der Waals surface area (Å²) in [7, 11) is 5.19. The topological polar surface area (TPSA) is 207 Å². The molecule has 54 heavy (non-hydrogen) atoms. The van der Waals surface area contributed by atoms with E-state index in [2.05, 4.69) is 0 Å². The average molecular weight is 773 g/mol. The van der Waals surface area contributed by atoms with Gasteiger partial charge in [0.25, 0.3) is 0 Å². The van der Waals surface area contributed by atoms with Gasteiger partial charge in [0.15, 0.2) is 12.6 Å². The van der Waals surface area contributed by atoms with Crippen molar-refractivity contribution >= 4 is 11.8 Å². The zero-order valence-corrected chi connectivity index (χ0v) is 34.6. The number of carbonyl (C=O) groups excluding carboxylic acids is 2. The van der Waals surface area contributed by atoms with E-state index in [1.165, 1.54) is 21.0 Å². The Morgan fingerprint density at radius 3 is 2.11 bits per heavy atom. The number of hydrogen-bond acceptors (Lipinski definition) is 15. The molecule has 312 valence electrons. The SMILES string of the molecule is CC[C@H]1OC(=O)[C@H](C)[C@@H](O[C@H]2C[C@@](C)(OC)[C@@H](O)[C@H](C)O2)[C@H](C)[C@@H](O[C@@H]2O[C@H](C)C[C@H](N(C)C)[C@H]2O)[C@@](C)(OCC#N)C[C@@H](C)C(=O)[C@H](C)[C@@H](O)[C@]1(C)O. The zero-order valence-electron chi connectivity index (χ0n) is 34.6. The molecule has 0 amide bonds. The molecule has 0 aromatic heterocycles. The molecule has 15 nitrogen and oxygen atoms in total. The van der Waals surface area contributed by atoms with Crippen molar-refractivity contribution in [2.75, 3.05) is 27.8 Å². The van der Waals surface area contributed by atoms with Crippen LogP contribution in [0.15, 0.2) is 0 Å². The molecule has 0 aliphatic carbocycles. The lowest BCUT2D eigenvalue weighted by Crippen LogP contribution is -2.61. The maximum atomic E-state index is 14.2. The van der Waals surface area contributed by atoms with Gasteiger partial charge in [-0.2, -0.15) is 5.26 Å². The maximum absolute atomic E-state index is 14.2. The number of ketones is 1. The highest BCUT2D eigenvalue weighted by Crippen LogP contribution is 2.42. The molecule has 0 aromatic carbocycles. The molecular weight excluding hydrogens is 704 g/mol. The van der Waals surface area contributed by atoms with Crippen molar-refractivity contribution in [1.29, 1.82) is 5.26 Å². The van der Waals surface area contributed by atoms with Crippen LogP contribution >= 0.6 is 0 Å². The van der Waals surface area contributed by atoms with Gasteiger partial charge >= 0.3 is 5.97 Å². The fourth-order valence-electron chi connectivity index (χ4n) is 8.72. The highest BCUT2D eigenvalue weighted by molar-refractivity contribution is 5.83. The first-order valence-corrected chi connectivity index (χ1v) is 19.3. The largest absolute Gasteiger partial charge is 0.459 e. The number of likely N-dealkylation sites (N-methyl/N-ethyl adjacent to an activating group) is 1. The van der Waals surface area contributed by atoms with E-state index in [0.717, 1.165) is 0 Å². The van der Waals surface area contributed by atoms with E-state index in [0.29, 0.717) is 6.42 Å². The standard InChI is InChI=1S/C39H68N2O13/c1-14-27-39(10,47)32(44)22(4)29(42)20(2)18-38(9,49-16-15-40)34(54-36-30(43)26(41(11)12)17-21(3)50-36)23(5)31(24(6)35(46)52-27)53-28-19-37(8,48-13)33(45)25(7)51-28/h20-28,30-34,36,43-45,47H,14,16-19H2,1-13H3/t20-,21-,22+,23+,24-,25+,26+,27-,28+,30-,31+,32-,33+,34-,36+,37-,38+,39-/m1/s1. The minimum absolute atomic E-state index is 0.0230. The summed E-state index contributed by atoms with van der Waals surface area (Å²) in [5.74, 6) is -4.93. The van der Waals surface area contributed by atoms with E-state index in [4.69, 9.17) is 33.2 Å². The number of nitrogens with zero attached hydrogens (tertiary/aromatic N) is 2. The third-order valence-electron chi connectivity index (χ3n) is 12.3. The highest BCUT2D eigenvalue weighted by Gasteiger charge is 2.54. The number of cyclic esters (lactones) is 1. The first-order valence-electron chi connectivity index (χ1n) is 19.3. The average Bonchev–Trinajstić information content (AvgIpc) is 3.11. The van der Waals surface area contributed by atoms with Crippen LogP contribution < -0.4 is 0 Å². The fraction of sp³-hybridized carbons (Fsp3) is 0.923. The van der Waals surface area contributed by atoms with Gasteiger partial charge in [-0.05, 0) is 74.9 Å². The summed E-state index contributed by atoms with van der Waals surface area (Å²) in [5.41, 5.74) is -4.54. The monoisotopic (exact) mass is 772 g/mol. The van der Waals surface area contributed by atoms with Crippen molar-refractivity contribution < 1.29 is 63.2 Å². The predicted octanol–water partition coefficient (Wildman–Crippen LogP) is 2.33. The van der Waals surface area contributed by atoms with Crippen LogP contribution in [0.2, 0.25) is 0 Å². The Kier molecular flexibility index (Phi) is 16.1. The summed E-state index contributed by atoms with van der Waals surface area (Å²) >= 11 is 0. The van der Waals surface area contributed by atoms with Gasteiger partial charge in [0.05, 0.1) is 53.7 Å². The van der Waals surface area contributed by atoms with Crippen molar-refractivity contribution in [1.82, 2.24) is 4.90 Å². The Labute approximate surface area is 321 Å². The molecule has 0 aromatic rings. The molecule has 3 heterocycles. The van der Waals surface area contributed by atoms with Gasteiger partial charge < -0.3 is 58.5 Å². The molecule has 3 aliphatic rings. The number of nitriles is 1. The van der Waals surface area contributed by atoms with Crippen LogP contribution in [-0.4, -0.2) is 149 Å². The molecule has 4 N–H and O–H groups in total. The summed E-state index contributed by atoms with van der Waals surface area (Å²) in [6.45, 7) is 16.2. The second kappa shape index (κ2) is 18.6. The molecule has 0 radical (unpaired) electrons. The van der Waals surface area contributed by atoms with E-state index < -0.39 is 114 Å². The lowest BCUT2D eigenvalue weighted by molar-refractivity contribution is -0.320. The van der Waals surface area contributed by atoms with Crippen molar-refractivity contribution in [2.24, 2.45) is 23.7 Å². The third kappa shape index (κ3) is 10.0. The number of ether oxygens (including phenoxy) is 7. The van der Waals surface area contributed by atoms with Gasteiger partial charge in [-0.25, -0.2) is 0 Å². The fourth-order valence-corrected chi connectivity index (χ4v) is 8.72. The first kappa shape index (κ1) is 46.6. The summed E-state index contributed by atoms with van der Waals surface area (Å²) < 4.78 is 43.9. The van der Waals surface area contributed by atoms with E-state index in [-0.39, 0.29) is 31.4 Å². The molecule has 0 unspecified atom stereocenters. The molecule has 3 rings (SSSR count). The lowest BCUT2D eigenvalue weighted by atomic mass is 9.73. The zero-order chi connectivity index (χ0) is 41.1. The predicted molar refractivity (Wildman–Crippen MR) is 196 cm³/mol. The van der Waals surface area contributed by atoms with Crippen LogP contribution in [0.5, 0.6) is 0 Å². The quantitative estimate of drug-likeness (QED) is 0.248. The molecule has 0 bridgehead atoms. The second-order valence-electron chi connectivity index (χ2n) is 16.9. The first-order chi connectivity index (χ1) is 25.0. The second-order valence-corrected chi connectivity index (χ2v) is 16.9. The number of Topliss-reactive ketones (excluding diaryl/α,β-unsaturated/α-hetero) is 1. The smallest absolute Gasteiger partial charge is 0.311 e.